The van der Waals surface area contributed by atoms with Crippen molar-refractivity contribution in [3.8, 4) is 0 Å². The highest BCUT2D eigenvalue weighted by atomic mass is 19.1. The first-order chi connectivity index (χ1) is 9.07. The molecule has 0 aromatic heterocycles. The van der Waals surface area contributed by atoms with Crippen LogP contribution >= 0.6 is 0 Å². The number of nitrogens with zero attached hydrogens (tertiary/aromatic N) is 1. The lowest BCUT2D eigenvalue weighted by Crippen LogP contribution is -2.42. The van der Waals surface area contributed by atoms with Crippen molar-refractivity contribution < 1.29 is 4.39 Å². The maximum Gasteiger partial charge on any atom is 0.123 e. The van der Waals surface area contributed by atoms with E-state index < -0.39 is 0 Å². The zero-order chi connectivity index (χ0) is 13.9. The van der Waals surface area contributed by atoms with Crippen LogP contribution in [-0.4, -0.2) is 26.2 Å². The number of hydrogen-bond acceptors (Lipinski definition) is 2. The van der Waals surface area contributed by atoms with Gasteiger partial charge in [0.15, 0.2) is 0 Å². The molecule has 0 spiro atoms. The molecule has 1 heterocycles. The van der Waals surface area contributed by atoms with Gasteiger partial charge in [-0.25, -0.2) is 4.39 Å². The number of halogens is 1. The van der Waals surface area contributed by atoms with Gasteiger partial charge in [0.2, 0.25) is 0 Å². The zero-order valence-corrected chi connectivity index (χ0v) is 12.2. The lowest BCUT2D eigenvalue weighted by Gasteiger charge is -2.38. The molecule has 106 valence electrons. The van der Waals surface area contributed by atoms with Gasteiger partial charge in [0.25, 0.3) is 0 Å². The summed E-state index contributed by atoms with van der Waals surface area (Å²) in [5, 5.41) is 3.50. The van der Waals surface area contributed by atoms with Crippen molar-refractivity contribution in [2.75, 3.05) is 31.1 Å². The van der Waals surface area contributed by atoms with Crippen LogP contribution in [0.25, 0.3) is 0 Å². The van der Waals surface area contributed by atoms with Crippen LogP contribution in [0.15, 0.2) is 24.3 Å². The van der Waals surface area contributed by atoms with Crippen LogP contribution in [0.5, 0.6) is 0 Å². The topological polar surface area (TPSA) is 15.3 Å². The second-order valence-corrected chi connectivity index (χ2v) is 5.93. The minimum absolute atomic E-state index is 0.166. The number of benzene rings is 1. The Hall–Kier alpha value is -1.09. The second-order valence-electron chi connectivity index (χ2n) is 5.93. The first-order valence-electron chi connectivity index (χ1n) is 7.28. The third-order valence-electron chi connectivity index (χ3n) is 4.58. The Kier molecular flexibility index (Phi) is 4.46. The van der Waals surface area contributed by atoms with E-state index in [1.54, 1.807) is 12.1 Å². The average Bonchev–Trinajstić information content (AvgIpc) is 2.87. The van der Waals surface area contributed by atoms with Gasteiger partial charge >= 0.3 is 0 Å². The van der Waals surface area contributed by atoms with Crippen LogP contribution in [0.3, 0.4) is 0 Å². The Labute approximate surface area is 116 Å². The van der Waals surface area contributed by atoms with E-state index in [0.29, 0.717) is 11.3 Å². The predicted molar refractivity (Wildman–Crippen MR) is 79.0 cm³/mol. The molecule has 0 aliphatic carbocycles. The summed E-state index contributed by atoms with van der Waals surface area (Å²) in [5.41, 5.74) is 1.46. The van der Waals surface area contributed by atoms with Gasteiger partial charge in [-0.15, -0.1) is 0 Å². The fraction of sp³-hybridized carbons (Fsp3) is 0.625. The maximum absolute atomic E-state index is 13.0. The van der Waals surface area contributed by atoms with Crippen LogP contribution in [0, 0.1) is 17.2 Å². The fourth-order valence-electron chi connectivity index (χ4n) is 2.99. The van der Waals surface area contributed by atoms with E-state index in [1.807, 2.05) is 12.1 Å². The summed E-state index contributed by atoms with van der Waals surface area (Å²) in [5.74, 6) is 0.484. The molecular formula is C16H25FN2. The second kappa shape index (κ2) is 5.91. The predicted octanol–water partition coefficient (Wildman–Crippen LogP) is 3.29. The molecule has 0 radical (unpaired) electrons. The van der Waals surface area contributed by atoms with E-state index in [0.717, 1.165) is 31.9 Å². The Balaban J connectivity index is 2.16. The average molecular weight is 264 g/mol. The van der Waals surface area contributed by atoms with Crippen molar-refractivity contribution in [2.24, 2.45) is 11.3 Å². The van der Waals surface area contributed by atoms with Gasteiger partial charge in [0, 0.05) is 30.7 Å². The molecule has 1 aliphatic heterocycles. The normalized spacial score (nSPS) is 23.0. The Morgan fingerprint density at radius 3 is 2.47 bits per heavy atom. The monoisotopic (exact) mass is 264 g/mol. The maximum atomic E-state index is 13.0. The van der Waals surface area contributed by atoms with Crippen molar-refractivity contribution in [3.05, 3.63) is 30.1 Å². The largest absolute Gasteiger partial charge is 0.371 e. The van der Waals surface area contributed by atoms with Crippen LogP contribution < -0.4 is 10.2 Å². The van der Waals surface area contributed by atoms with Crippen molar-refractivity contribution in [1.29, 1.82) is 0 Å². The SMILES string of the molecule is CCN(CC1(C(C)C)CCNC1)c1ccc(F)cc1. The Bertz CT molecular complexity index is 394. The molecule has 1 aliphatic rings. The molecule has 19 heavy (non-hydrogen) atoms. The van der Waals surface area contributed by atoms with Gasteiger partial charge in [-0.05, 0) is 50.1 Å². The van der Waals surface area contributed by atoms with Gasteiger partial charge < -0.3 is 10.2 Å². The molecule has 1 saturated heterocycles. The summed E-state index contributed by atoms with van der Waals surface area (Å²) < 4.78 is 13.0. The molecule has 0 saturated carbocycles. The molecule has 3 heteroatoms. The highest BCUT2D eigenvalue weighted by Crippen LogP contribution is 2.36. The molecule has 2 rings (SSSR count). The van der Waals surface area contributed by atoms with E-state index in [4.69, 9.17) is 0 Å². The molecule has 1 aromatic carbocycles. The van der Waals surface area contributed by atoms with Gasteiger partial charge in [-0.2, -0.15) is 0 Å². The van der Waals surface area contributed by atoms with Gasteiger partial charge in [-0.1, -0.05) is 13.8 Å². The van der Waals surface area contributed by atoms with Crippen molar-refractivity contribution in [2.45, 2.75) is 27.2 Å². The van der Waals surface area contributed by atoms with E-state index in [1.165, 1.54) is 6.42 Å². The van der Waals surface area contributed by atoms with Crippen LogP contribution in [0.2, 0.25) is 0 Å². The number of rotatable bonds is 5. The number of anilines is 1. The molecule has 1 atom stereocenters. The minimum atomic E-state index is -0.166. The minimum Gasteiger partial charge on any atom is -0.371 e. The smallest absolute Gasteiger partial charge is 0.123 e. The Morgan fingerprint density at radius 1 is 1.32 bits per heavy atom. The third kappa shape index (κ3) is 3.08. The molecule has 0 bridgehead atoms. The summed E-state index contributed by atoms with van der Waals surface area (Å²) in [6.07, 6.45) is 1.22. The van der Waals surface area contributed by atoms with E-state index >= 15 is 0 Å². The standard InChI is InChI=1S/C16H25FN2/c1-4-19(15-7-5-14(17)6-8-15)12-16(13(2)3)9-10-18-11-16/h5-8,13,18H,4,9-12H2,1-3H3. The van der Waals surface area contributed by atoms with Gasteiger partial charge in [0.1, 0.15) is 5.82 Å². The first-order valence-corrected chi connectivity index (χ1v) is 7.28. The highest BCUT2D eigenvalue weighted by Gasteiger charge is 2.38. The van der Waals surface area contributed by atoms with Crippen LogP contribution in [-0.2, 0) is 0 Å². The zero-order valence-electron chi connectivity index (χ0n) is 12.2. The number of hydrogen-bond donors (Lipinski definition) is 1. The van der Waals surface area contributed by atoms with Gasteiger partial charge in [0.05, 0.1) is 0 Å². The third-order valence-corrected chi connectivity index (χ3v) is 4.58. The van der Waals surface area contributed by atoms with E-state index in [9.17, 15) is 4.39 Å². The quantitative estimate of drug-likeness (QED) is 0.878. The van der Waals surface area contributed by atoms with Crippen molar-refractivity contribution >= 4 is 5.69 Å². The summed E-state index contributed by atoms with van der Waals surface area (Å²) in [7, 11) is 0. The molecule has 2 nitrogen and oxygen atoms in total. The summed E-state index contributed by atoms with van der Waals surface area (Å²) in [6, 6.07) is 6.87. The lowest BCUT2D eigenvalue weighted by molar-refractivity contribution is 0.223. The highest BCUT2D eigenvalue weighted by molar-refractivity contribution is 5.46. The van der Waals surface area contributed by atoms with Crippen molar-refractivity contribution in [3.63, 3.8) is 0 Å². The van der Waals surface area contributed by atoms with E-state index in [2.05, 4.69) is 31.0 Å². The molecule has 0 amide bonds. The summed E-state index contributed by atoms with van der Waals surface area (Å²) in [4.78, 5) is 2.37. The van der Waals surface area contributed by atoms with Crippen LogP contribution in [0.4, 0.5) is 10.1 Å². The molecular weight excluding hydrogens is 239 g/mol. The van der Waals surface area contributed by atoms with Crippen molar-refractivity contribution in [1.82, 2.24) is 5.32 Å². The molecule has 1 aromatic rings. The Morgan fingerprint density at radius 2 is 2.00 bits per heavy atom. The first kappa shape index (κ1) is 14.3. The summed E-state index contributed by atoms with van der Waals surface area (Å²) in [6.45, 7) is 11.0. The number of nitrogens with one attached hydrogen (secondary N) is 1. The molecule has 1 unspecified atom stereocenters. The molecule has 1 fully saturated rings. The van der Waals surface area contributed by atoms with Crippen LogP contribution in [0.1, 0.15) is 27.2 Å². The fourth-order valence-corrected chi connectivity index (χ4v) is 2.99. The molecule has 1 N–H and O–H groups in total. The lowest BCUT2D eigenvalue weighted by atomic mass is 9.76. The summed E-state index contributed by atoms with van der Waals surface area (Å²) >= 11 is 0. The van der Waals surface area contributed by atoms with E-state index in [-0.39, 0.29) is 5.82 Å². The van der Waals surface area contributed by atoms with Gasteiger partial charge in [-0.3, -0.25) is 0 Å².